The predicted molar refractivity (Wildman–Crippen MR) is 92.2 cm³/mol. The Labute approximate surface area is 148 Å². The van der Waals surface area contributed by atoms with E-state index >= 15 is 0 Å². The highest BCUT2D eigenvalue weighted by Gasteiger charge is 2.37. The molecule has 9 heteroatoms. The van der Waals surface area contributed by atoms with E-state index in [2.05, 4.69) is 15.0 Å². The Hall–Kier alpha value is -2.88. The quantitative estimate of drug-likeness (QED) is 0.577. The third-order valence-corrected chi connectivity index (χ3v) is 4.51. The molecule has 0 spiro atoms. The number of benzene rings is 1. The number of aliphatic hydroxyl groups is 2. The minimum absolute atomic E-state index is 0.204. The van der Waals surface area contributed by atoms with Crippen LogP contribution in [0.3, 0.4) is 0 Å². The minimum Gasteiger partial charge on any atom is -0.394 e. The Kier molecular flexibility index (Phi) is 4.11. The molecule has 2 aromatic heterocycles. The molecule has 3 unspecified atom stereocenters. The maximum atomic E-state index is 11.5. The molecule has 134 valence electrons. The van der Waals surface area contributed by atoms with Gasteiger partial charge < -0.3 is 20.7 Å². The van der Waals surface area contributed by atoms with E-state index in [9.17, 15) is 15.0 Å². The standard InChI is InChI=1S/C17H17N5O4/c18-15-14-17(20-8-19-15)22(13-5-11(25)12(7-24)26-13)16(21-14)10-4-2-1-3-9(10)6-23/h1-4,6,8,11-13,24-25H,5,7H2,(H2,18,19,20). The summed E-state index contributed by atoms with van der Waals surface area (Å²) >= 11 is 0. The molecule has 0 bridgehead atoms. The van der Waals surface area contributed by atoms with Crippen LogP contribution >= 0.6 is 0 Å². The van der Waals surface area contributed by atoms with E-state index in [-0.39, 0.29) is 18.8 Å². The first-order valence-electron chi connectivity index (χ1n) is 8.11. The molecule has 1 saturated heterocycles. The van der Waals surface area contributed by atoms with Crippen molar-refractivity contribution in [2.24, 2.45) is 0 Å². The van der Waals surface area contributed by atoms with Crippen molar-refractivity contribution in [3.05, 3.63) is 36.2 Å². The van der Waals surface area contributed by atoms with Gasteiger partial charge in [0.25, 0.3) is 0 Å². The zero-order chi connectivity index (χ0) is 18.3. The number of ether oxygens (including phenoxy) is 1. The Morgan fingerprint density at radius 3 is 2.88 bits per heavy atom. The molecule has 9 nitrogen and oxygen atoms in total. The van der Waals surface area contributed by atoms with Gasteiger partial charge in [0, 0.05) is 17.5 Å². The van der Waals surface area contributed by atoms with Crippen molar-refractivity contribution in [3.8, 4) is 11.4 Å². The maximum Gasteiger partial charge on any atom is 0.168 e. The number of fused-ring (bicyclic) bond motifs is 1. The summed E-state index contributed by atoms with van der Waals surface area (Å²) in [6.45, 7) is -0.304. The summed E-state index contributed by atoms with van der Waals surface area (Å²) in [6.07, 6.45) is 0.170. The fourth-order valence-corrected chi connectivity index (χ4v) is 3.23. The largest absolute Gasteiger partial charge is 0.394 e. The van der Waals surface area contributed by atoms with Gasteiger partial charge in [-0.05, 0) is 0 Å². The highest BCUT2D eigenvalue weighted by Crippen LogP contribution is 2.36. The first-order chi connectivity index (χ1) is 12.6. The summed E-state index contributed by atoms with van der Waals surface area (Å²) in [7, 11) is 0. The smallest absolute Gasteiger partial charge is 0.168 e. The summed E-state index contributed by atoms with van der Waals surface area (Å²) in [4.78, 5) is 24.2. The SMILES string of the molecule is Nc1ncnc2c1nc(-c1ccccc1C=O)n2C1CC(O)C(CO)O1. The van der Waals surface area contributed by atoms with E-state index in [0.717, 1.165) is 6.29 Å². The Bertz CT molecular complexity index is 973. The lowest BCUT2D eigenvalue weighted by Gasteiger charge is -2.17. The lowest BCUT2D eigenvalue weighted by molar-refractivity contribution is -0.0426. The Balaban J connectivity index is 1.96. The molecule has 0 amide bonds. The molecule has 1 aromatic carbocycles. The van der Waals surface area contributed by atoms with Crippen LogP contribution in [0.2, 0.25) is 0 Å². The second kappa shape index (κ2) is 6.45. The fourth-order valence-electron chi connectivity index (χ4n) is 3.23. The number of aliphatic hydroxyl groups excluding tert-OH is 2. The van der Waals surface area contributed by atoms with Crippen LogP contribution in [0.25, 0.3) is 22.6 Å². The number of carbonyl (C=O) groups excluding carboxylic acids is 1. The number of hydrogen-bond acceptors (Lipinski definition) is 8. The highest BCUT2D eigenvalue weighted by molar-refractivity contribution is 5.90. The number of rotatable bonds is 4. The van der Waals surface area contributed by atoms with Gasteiger partial charge in [-0.1, -0.05) is 24.3 Å². The van der Waals surface area contributed by atoms with Crippen molar-refractivity contribution in [1.82, 2.24) is 19.5 Å². The van der Waals surface area contributed by atoms with E-state index in [1.807, 2.05) is 0 Å². The van der Waals surface area contributed by atoms with Gasteiger partial charge in [0.15, 0.2) is 23.3 Å². The third kappa shape index (κ3) is 2.53. The van der Waals surface area contributed by atoms with Gasteiger partial charge in [0.2, 0.25) is 0 Å². The number of aromatic nitrogens is 4. The van der Waals surface area contributed by atoms with Gasteiger partial charge in [0.1, 0.15) is 24.5 Å². The van der Waals surface area contributed by atoms with Crippen molar-refractivity contribution >= 4 is 23.3 Å². The normalized spacial score (nSPS) is 22.8. The molecule has 1 fully saturated rings. The molecule has 0 saturated carbocycles. The van der Waals surface area contributed by atoms with Gasteiger partial charge in [-0.15, -0.1) is 0 Å². The number of imidazole rings is 1. The van der Waals surface area contributed by atoms with Crippen molar-refractivity contribution in [2.75, 3.05) is 12.3 Å². The molecule has 3 atom stereocenters. The van der Waals surface area contributed by atoms with Gasteiger partial charge in [-0.3, -0.25) is 9.36 Å². The van der Waals surface area contributed by atoms with Gasteiger partial charge >= 0.3 is 0 Å². The van der Waals surface area contributed by atoms with Crippen LogP contribution in [0.4, 0.5) is 5.82 Å². The molecule has 3 aromatic rings. The van der Waals surface area contributed by atoms with Crippen molar-refractivity contribution in [3.63, 3.8) is 0 Å². The second-order valence-corrected chi connectivity index (χ2v) is 6.06. The molecular formula is C17H17N5O4. The zero-order valence-electron chi connectivity index (χ0n) is 13.7. The Morgan fingerprint density at radius 2 is 2.15 bits per heavy atom. The van der Waals surface area contributed by atoms with Crippen molar-refractivity contribution < 1.29 is 19.7 Å². The van der Waals surface area contributed by atoms with E-state index in [1.165, 1.54) is 6.33 Å². The summed E-state index contributed by atoms with van der Waals surface area (Å²) in [5, 5.41) is 19.5. The molecular weight excluding hydrogens is 338 g/mol. The number of nitrogens with zero attached hydrogens (tertiary/aromatic N) is 4. The first-order valence-corrected chi connectivity index (χ1v) is 8.11. The van der Waals surface area contributed by atoms with Crippen LogP contribution in [-0.4, -0.2) is 54.8 Å². The average Bonchev–Trinajstić information content (AvgIpc) is 3.22. The average molecular weight is 355 g/mol. The van der Waals surface area contributed by atoms with E-state index < -0.39 is 18.4 Å². The molecule has 1 aliphatic rings. The number of hydrogen-bond donors (Lipinski definition) is 3. The van der Waals surface area contributed by atoms with Crippen LogP contribution < -0.4 is 5.73 Å². The topological polar surface area (TPSA) is 136 Å². The van der Waals surface area contributed by atoms with E-state index in [4.69, 9.17) is 10.5 Å². The summed E-state index contributed by atoms with van der Waals surface area (Å²) in [6, 6.07) is 7.00. The number of carbonyl (C=O) groups is 1. The lowest BCUT2D eigenvalue weighted by Crippen LogP contribution is -2.24. The summed E-state index contributed by atoms with van der Waals surface area (Å²) < 4.78 is 7.47. The van der Waals surface area contributed by atoms with Gasteiger partial charge in [-0.25, -0.2) is 15.0 Å². The van der Waals surface area contributed by atoms with E-state index in [1.54, 1.807) is 28.8 Å². The lowest BCUT2D eigenvalue weighted by atomic mass is 10.1. The van der Waals surface area contributed by atoms with Crippen LogP contribution in [0.5, 0.6) is 0 Å². The number of nitrogens with two attached hydrogens (primary N) is 1. The number of anilines is 1. The zero-order valence-corrected chi connectivity index (χ0v) is 13.7. The maximum absolute atomic E-state index is 11.5. The van der Waals surface area contributed by atoms with Crippen LogP contribution in [0.1, 0.15) is 23.0 Å². The summed E-state index contributed by atoms with van der Waals surface area (Å²) in [5.74, 6) is 0.640. The van der Waals surface area contributed by atoms with Crippen molar-refractivity contribution in [2.45, 2.75) is 24.9 Å². The summed E-state index contributed by atoms with van der Waals surface area (Å²) in [5.41, 5.74) is 7.80. The Morgan fingerprint density at radius 1 is 1.35 bits per heavy atom. The van der Waals surface area contributed by atoms with Gasteiger partial charge in [0.05, 0.1) is 12.7 Å². The van der Waals surface area contributed by atoms with E-state index in [0.29, 0.717) is 28.1 Å². The molecule has 0 radical (unpaired) electrons. The molecule has 26 heavy (non-hydrogen) atoms. The molecule has 4 N–H and O–H groups in total. The third-order valence-electron chi connectivity index (χ3n) is 4.51. The minimum atomic E-state index is -0.823. The number of nitrogen functional groups attached to an aromatic ring is 1. The predicted octanol–water partition coefficient (Wildman–Crippen LogP) is 0.529. The van der Waals surface area contributed by atoms with Crippen molar-refractivity contribution in [1.29, 1.82) is 0 Å². The van der Waals surface area contributed by atoms with Gasteiger partial charge in [-0.2, -0.15) is 0 Å². The number of aldehydes is 1. The monoisotopic (exact) mass is 355 g/mol. The van der Waals surface area contributed by atoms with Crippen LogP contribution in [0, 0.1) is 0 Å². The fraction of sp³-hybridized carbons (Fsp3) is 0.294. The molecule has 1 aliphatic heterocycles. The van der Waals surface area contributed by atoms with Crippen LogP contribution in [0.15, 0.2) is 30.6 Å². The molecule has 0 aliphatic carbocycles. The molecule has 3 heterocycles. The van der Waals surface area contributed by atoms with Crippen LogP contribution in [-0.2, 0) is 4.74 Å². The second-order valence-electron chi connectivity index (χ2n) is 6.06. The first kappa shape index (κ1) is 16.6. The highest BCUT2D eigenvalue weighted by atomic mass is 16.5. The molecule has 4 rings (SSSR count).